The van der Waals surface area contributed by atoms with Crippen molar-refractivity contribution in [2.75, 3.05) is 38.6 Å². The second-order valence-electron chi connectivity index (χ2n) is 5.25. The standard InChI is InChI=1S/C15H22N4O3/c1-11-9-16-7-8-19(11)10-14(20)18-15(21)17-12-3-5-13(22-2)6-4-12/h3-6,11,16H,7-10H2,1-2H3,(H2,17,18,20,21)/t11-/m0/s1. The van der Waals surface area contributed by atoms with Gasteiger partial charge in [0.2, 0.25) is 5.91 Å². The number of piperazine rings is 1. The lowest BCUT2D eigenvalue weighted by Gasteiger charge is -2.33. The summed E-state index contributed by atoms with van der Waals surface area (Å²) in [6.07, 6.45) is 0. The molecule has 22 heavy (non-hydrogen) atoms. The third-order valence-electron chi connectivity index (χ3n) is 3.59. The maximum Gasteiger partial charge on any atom is 0.325 e. The highest BCUT2D eigenvalue weighted by molar-refractivity contribution is 6.01. The minimum absolute atomic E-state index is 0.221. The number of benzene rings is 1. The van der Waals surface area contributed by atoms with Crippen LogP contribution in [-0.2, 0) is 4.79 Å². The van der Waals surface area contributed by atoms with E-state index in [2.05, 4.69) is 22.9 Å². The molecular weight excluding hydrogens is 284 g/mol. The van der Waals surface area contributed by atoms with Crippen molar-refractivity contribution in [3.8, 4) is 5.75 Å². The first-order valence-electron chi connectivity index (χ1n) is 7.28. The Morgan fingerprint density at radius 2 is 2.09 bits per heavy atom. The normalized spacial score (nSPS) is 18.5. The topological polar surface area (TPSA) is 82.7 Å². The Morgan fingerprint density at radius 1 is 1.36 bits per heavy atom. The van der Waals surface area contributed by atoms with E-state index in [0.717, 1.165) is 19.6 Å². The van der Waals surface area contributed by atoms with E-state index in [4.69, 9.17) is 4.74 Å². The van der Waals surface area contributed by atoms with Crippen molar-refractivity contribution in [3.63, 3.8) is 0 Å². The molecule has 0 aliphatic carbocycles. The zero-order valence-corrected chi connectivity index (χ0v) is 12.9. The number of hydrogen-bond acceptors (Lipinski definition) is 5. The maximum absolute atomic E-state index is 11.9. The number of methoxy groups -OCH3 is 1. The molecule has 0 bridgehead atoms. The van der Waals surface area contributed by atoms with Crippen molar-refractivity contribution in [2.45, 2.75) is 13.0 Å². The number of imide groups is 1. The van der Waals surface area contributed by atoms with Gasteiger partial charge in [-0.1, -0.05) is 0 Å². The van der Waals surface area contributed by atoms with E-state index in [-0.39, 0.29) is 18.5 Å². The van der Waals surface area contributed by atoms with Crippen molar-refractivity contribution < 1.29 is 14.3 Å². The van der Waals surface area contributed by atoms with Gasteiger partial charge in [-0.15, -0.1) is 0 Å². The highest BCUT2D eigenvalue weighted by Gasteiger charge is 2.21. The lowest BCUT2D eigenvalue weighted by Crippen LogP contribution is -2.53. The molecule has 3 N–H and O–H groups in total. The number of anilines is 1. The summed E-state index contributed by atoms with van der Waals surface area (Å²) in [5.74, 6) is 0.398. The van der Waals surface area contributed by atoms with Gasteiger partial charge in [-0.3, -0.25) is 15.0 Å². The predicted molar refractivity (Wildman–Crippen MR) is 84.1 cm³/mol. The zero-order valence-electron chi connectivity index (χ0n) is 12.9. The van der Waals surface area contributed by atoms with Crippen molar-refractivity contribution in [1.82, 2.24) is 15.5 Å². The quantitative estimate of drug-likeness (QED) is 0.760. The fourth-order valence-electron chi connectivity index (χ4n) is 2.31. The summed E-state index contributed by atoms with van der Waals surface area (Å²) in [5, 5.41) is 8.22. The van der Waals surface area contributed by atoms with Crippen molar-refractivity contribution in [2.24, 2.45) is 0 Å². The second kappa shape index (κ2) is 7.77. The number of hydrogen-bond donors (Lipinski definition) is 3. The molecule has 120 valence electrons. The smallest absolute Gasteiger partial charge is 0.325 e. The number of nitrogens with one attached hydrogen (secondary N) is 3. The molecule has 1 fully saturated rings. The monoisotopic (exact) mass is 306 g/mol. The van der Waals surface area contributed by atoms with Gasteiger partial charge in [0.05, 0.1) is 13.7 Å². The van der Waals surface area contributed by atoms with Crippen LogP contribution >= 0.6 is 0 Å². The molecule has 2 rings (SSSR count). The molecule has 7 nitrogen and oxygen atoms in total. The molecule has 0 saturated carbocycles. The Balaban J connectivity index is 1.79. The Kier molecular flexibility index (Phi) is 5.74. The van der Waals surface area contributed by atoms with E-state index in [0.29, 0.717) is 11.4 Å². The van der Waals surface area contributed by atoms with Crippen LogP contribution in [0.5, 0.6) is 5.75 Å². The Morgan fingerprint density at radius 3 is 2.73 bits per heavy atom. The molecule has 0 spiro atoms. The van der Waals surface area contributed by atoms with Crippen LogP contribution in [-0.4, -0.2) is 56.2 Å². The molecule has 0 aromatic heterocycles. The minimum Gasteiger partial charge on any atom is -0.497 e. The highest BCUT2D eigenvalue weighted by Crippen LogP contribution is 2.14. The number of amides is 3. The predicted octanol–water partition coefficient (Wildman–Crippen LogP) is 0.637. The van der Waals surface area contributed by atoms with Crippen LogP contribution < -0.4 is 20.7 Å². The first kappa shape index (κ1) is 16.3. The Bertz CT molecular complexity index is 518. The maximum atomic E-state index is 11.9. The average Bonchev–Trinajstić information content (AvgIpc) is 2.50. The van der Waals surface area contributed by atoms with Crippen LogP contribution in [0.25, 0.3) is 0 Å². The molecule has 1 heterocycles. The van der Waals surface area contributed by atoms with Crippen LogP contribution in [0.3, 0.4) is 0 Å². The molecule has 0 radical (unpaired) electrons. The van der Waals surface area contributed by atoms with Gasteiger partial charge in [0, 0.05) is 31.4 Å². The highest BCUT2D eigenvalue weighted by atomic mass is 16.5. The lowest BCUT2D eigenvalue weighted by atomic mass is 10.2. The summed E-state index contributed by atoms with van der Waals surface area (Å²) >= 11 is 0. The number of rotatable bonds is 4. The molecule has 1 atom stereocenters. The van der Waals surface area contributed by atoms with E-state index < -0.39 is 6.03 Å². The summed E-state index contributed by atoms with van der Waals surface area (Å²) in [5.41, 5.74) is 0.599. The molecular formula is C15H22N4O3. The van der Waals surface area contributed by atoms with Crippen molar-refractivity contribution in [3.05, 3.63) is 24.3 Å². The van der Waals surface area contributed by atoms with E-state index >= 15 is 0 Å². The minimum atomic E-state index is -0.530. The first-order valence-corrected chi connectivity index (χ1v) is 7.28. The van der Waals surface area contributed by atoms with Gasteiger partial charge < -0.3 is 15.4 Å². The van der Waals surface area contributed by atoms with Gasteiger partial charge in [0.25, 0.3) is 0 Å². The van der Waals surface area contributed by atoms with Gasteiger partial charge in [-0.2, -0.15) is 0 Å². The molecule has 1 aromatic rings. The van der Waals surface area contributed by atoms with Gasteiger partial charge in [-0.25, -0.2) is 4.79 Å². The van der Waals surface area contributed by atoms with Gasteiger partial charge in [0.15, 0.2) is 0 Å². The van der Waals surface area contributed by atoms with Crippen LogP contribution in [0.1, 0.15) is 6.92 Å². The molecule has 3 amide bonds. The zero-order chi connectivity index (χ0) is 15.9. The van der Waals surface area contributed by atoms with Gasteiger partial charge >= 0.3 is 6.03 Å². The lowest BCUT2D eigenvalue weighted by molar-refractivity contribution is -0.121. The van der Waals surface area contributed by atoms with E-state index in [9.17, 15) is 9.59 Å². The summed E-state index contributed by atoms with van der Waals surface area (Å²) in [6.45, 7) is 4.78. The fourth-order valence-corrected chi connectivity index (χ4v) is 2.31. The fraction of sp³-hybridized carbons (Fsp3) is 0.467. The number of carbonyl (C=O) groups is 2. The molecule has 7 heteroatoms. The third-order valence-corrected chi connectivity index (χ3v) is 3.59. The van der Waals surface area contributed by atoms with E-state index in [1.165, 1.54) is 0 Å². The summed E-state index contributed by atoms with van der Waals surface area (Å²) < 4.78 is 5.04. The molecule has 1 saturated heterocycles. The first-order chi connectivity index (χ1) is 10.6. The second-order valence-corrected chi connectivity index (χ2v) is 5.25. The van der Waals surface area contributed by atoms with Gasteiger partial charge in [0.1, 0.15) is 5.75 Å². The molecule has 0 unspecified atom stereocenters. The number of nitrogens with zero attached hydrogens (tertiary/aromatic N) is 1. The molecule has 1 aromatic carbocycles. The van der Waals surface area contributed by atoms with Crippen LogP contribution in [0.4, 0.5) is 10.5 Å². The van der Waals surface area contributed by atoms with Crippen molar-refractivity contribution >= 4 is 17.6 Å². The number of urea groups is 1. The number of ether oxygens (including phenoxy) is 1. The molecule has 1 aliphatic heterocycles. The van der Waals surface area contributed by atoms with E-state index in [1.807, 2.05) is 4.90 Å². The molecule has 1 aliphatic rings. The SMILES string of the molecule is COc1ccc(NC(=O)NC(=O)CN2CCNC[C@@H]2C)cc1. The summed E-state index contributed by atoms with van der Waals surface area (Å²) in [7, 11) is 1.57. The van der Waals surface area contributed by atoms with Crippen LogP contribution in [0.15, 0.2) is 24.3 Å². The summed E-state index contributed by atoms with van der Waals surface area (Å²) in [4.78, 5) is 25.7. The third kappa shape index (κ3) is 4.71. The van der Waals surface area contributed by atoms with Crippen molar-refractivity contribution in [1.29, 1.82) is 0 Å². The largest absolute Gasteiger partial charge is 0.497 e. The summed E-state index contributed by atoms with van der Waals surface area (Å²) in [6, 6.07) is 6.64. The Hall–Kier alpha value is -2.12. The van der Waals surface area contributed by atoms with E-state index in [1.54, 1.807) is 31.4 Å². The van der Waals surface area contributed by atoms with Crippen LogP contribution in [0.2, 0.25) is 0 Å². The Labute approximate surface area is 130 Å². The van der Waals surface area contributed by atoms with Gasteiger partial charge in [-0.05, 0) is 31.2 Å². The number of carbonyl (C=O) groups excluding carboxylic acids is 2. The van der Waals surface area contributed by atoms with Crippen LogP contribution in [0, 0.1) is 0 Å². The average molecular weight is 306 g/mol.